The molecule has 29 heavy (non-hydrogen) atoms. The van der Waals surface area contributed by atoms with Crippen molar-refractivity contribution in [1.29, 1.82) is 0 Å². The van der Waals surface area contributed by atoms with Gasteiger partial charge in [0.15, 0.2) is 5.69 Å². The zero-order chi connectivity index (χ0) is 21.8. The normalized spacial score (nSPS) is 12.3. The zero-order valence-corrected chi connectivity index (χ0v) is 16.0. The number of nitrogens with zero attached hydrogens (tertiary/aromatic N) is 3. The van der Waals surface area contributed by atoms with Crippen LogP contribution in [0.4, 0.5) is 43.8 Å². The van der Waals surface area contributed by atoms with E-state index in [1.807, 2.05) is 19.0 Å². The Bertz CT molecular complexity index is 832. The lowest BCUT2D eigenvalue weighted by Gasteiger charge is -2.15. The highest BCUT2D eigenvalue weighted by molar-refractivity contribution is 5.60. The molecule has 11 heteroatoms. The number of benzene rings is 1. The fraction of sp³-hybridized carbons (Fsp3) is 0.444. The van der Waals surface area contributed by atoms with E-state index in [-0.39, 0.29) is 23.0 Å². The Morgan fingerprint density at radius 1 is 0.966 bits per heavy atom. The van der Waals surface area contributed by atoms with E-state index < -0.39 is 23.6 Å². The summed E-state index contributed by atoms with van der Waals surface area (Å²) < 4.78 is 78.7. The fourth-order valence-corrected chi connectivity index (χ4v) is 2.48. The molecule has 1 aromatic heterocycles. The van der Waals surface area contributed by atoms with E-state index in [1.54, 1.807) is 0 Å². The van der Waals surface area contributed by atoms with Gasteiger partial charge in [0.1, 0.15) is 5.82 Å². The summed E-state index contributed by atoms with van der Waals surface area (Å²) in [6, 6.07) is 4.05. The summed E-state index contributed by atoms with van der Waals surface area (Å²) in [6.45, 7) is 2.34. The van der Waals surface area contributed by atoms with Gasteiger partial charge in [-0.3, -0.25) is 0 Å². The number of anilines is 3. The number of rotatable bonds is 7. The molecule has 2 N–H and O–H groups in total. The third-order valence-electron chi connectivity index (χ3n) is 3.90. The molecule has 160 valence electrons. The van der Waals surface area contributed by atoms with Gasteiger partial charge in [-0.1, -0.05) is 6.07 Å². The van der Waals surface area contributed by atoms with Crippen molar-refractivity contribution in [2.75, 3.05) is 37.8 Å². The molecular weight excluding hydrogens is 400 g/mol. The van der Waals surface area contributed by atoms with Crippen LogP contribution < -0.4 is 10.6 Å². The molecule has 1 aromatic carbocycles. The van der Waals surface area contributed by atoms with Gasteiger partial charge in [-0.15, -0.1) is 0 Å². The van der Waals surface area contributed by atoms with Crippen LogP contribution in [0.3, 0.4) is 0 Å². The highest BCUT2D eigenvalue weighted by Gasteiger charge is 2.34. The average Bonchev–Trinajstić information content (AvgIpc) is 2.58. The standard InChI is InChI=1S/C18H21F6N5/c1-11-5-6-12(9-13(11)17(19,20)21)26-15-10-14(18(22,23)24)27-16(28-15)25-7-4-8-29(2)3/h5-6,9-10H,4,7-8H2,1-3H3,(H2,25,26,27,28). The topological polar surface area (TPSA) is 53.1 Å². The maximum atomic E-state index is 13.2. The molecule has 0 amide bonds. The summed E-state index contributed by atoms with van der Waals surface area (Å²) in [5, 5.41) is 5.22. The molecule has 0 aliphatic carbocycles. The summed E-state index contributed by atoms with van der Waals surface area (Å²) in [7, 11) is 3.72. The molecule has 0 atom stereocenters. The van der Waals surface area contributed by atoms with E-state index in [4.69, 9.17) is 0 Å². The van der Waals surface area contributed by atoms with Crippen molar-refractivity contribution in [3.8, 4) is 0 Å². The van der Waals surface area contributed by atoms with Gasteiger partial charge in [-0.25, -0.2) is 4.98 Å². The lowest BCUT2D eigenvalue weighted by Crippen LogP contribution is -2.18. The monoisotopic (exact) mass is 421 g/mol. The van der Waals surface area contributed by atoms with Crippen LogP contribution in [0.2, 0.25) is 0 Å². The van der Waals surface area contributed by atoms with Crippen LogP contribution in [-0.2, 0) is 12.4 Å². The van der Waals surface area contributed by atoms with Crippen molar-refractivity contribution in [3.63, 3.8) is 0 Å². The van der Waals surface area contributed by atoms with Crippen molar-refractivity contribution < 1.29 is 26.3 Å². The minimum absolute atomic E-state index is 0.00460. The van der Waals surface area contributed by atoms with E-state index >= 15 is 0 Å². The van der Waals surface area contributed by atoms with Gasteiger partial charge >= 0.3 is 12.4 Å². The second-order valence-corrected chi connectivity index (χ2v) is 6.70. The minimum atomic E-state index is -4.73. The van der Waals surface area contributed by atoms with E-state index in [0.717, 1.165) is 6.07 Å². The summed E-state index contributed by atoms with van der Waals surface area (Å²) in [5.74, 6) is -0.524. The lowest BCUT2D eigenvalue weighted by molar-refractivity contribution is -0.141. The molecule has 2 rings (SSSR count). The first kappa shape index (κ1) is 22.7. The maximum Gasteiger partial charge on any atom is 0.433 e. The molecule has 0 aliphatic rings. The fourth-order valence-electron chi connectivity index (χ4n) is 2.48. The van der Waals surface area contributed by atoms with Crippen molar-refractivity contribution >= 4 is 17.5 Å². The molecule has 0 radical (unpaired) electrons. The van der Waals surface area contributed by atoms with E-state index in [1.165, 1.54) is 19.1 Å². The molecule has 2 aromatic rings. The Hall–Kier alpha value is -2.56. The Labute approximate surface area is 164 Å². The highest BCUT2D eigenvalue weighted by atomic mass is 19.4. The molecule has 0 saturated carbocycles. The average molecular weight is 421 g/mol. The van der Waals surface area contributed by atoms with Crippen molar-refractivity contribution in [2.24, 2.45) is 0 Å². The van der Waals surface area contributed by atoms with Crippen molar-refractivity contribution in [2.45, 2.75) is 25.7 Å². The number of hydrogen-bond donors (Lipinski definition) is 2. The molecule has 0 saturated heterocycles. The SMILES string of the molecule is Cc1ccc(Nc2cc(C(F)(F)F)nc(NCCCN(C)C)n2)cc1C(F)(F)F. The molecule has 0 fully saturated rings. The number of halogens is 6. The first-order chi connectivity index (χ1) is 13.4. The predicted octanol–water partition coefficient (Wildman–Crippen LogP) is 4.93. The lowest BCUT2D eigenvalue weighted by atomic mass is 10.1. The molecule has 0 spiro atoms. The zero-order valence-electron chi connectivity index (χ0n) is 16.0. The van der Waals surface area contributed by atoms with E-state index in [0.29, 0.717) is 25.6 Å². The quantitative estimate of drug-likeness (QED) is 0.491. The van der Waals surface area contributed by atoms with Gasteiger partial charge in [0.2, 0.25) is 5.95 Å². The Kier molecular flexibility index (Phi) is 6.93. The van der Waals surface area contributed by atoms with Crippen LogP contribution in [0, 0.1) is 6.92 Å². The second-order valence-electron chi connectivity index (χ2n) is 6.70. The summed E-state index contributed by atoms with van der Waals surface area (Å²) in [5.41, 5.74) is -2.11. The van der Waals surface area contributed by atoms with Crippen LogP contribution in [0.25, 0.3) is 0 Å². The molecule has 1 heterocycles. The van der Waals surface area contributed by atoms with Crippen molar-refractivity contribution in [3.05, 3.63) is 41.1 Å². The third kappa shape index (κ3) is 6.77. The predicted molar refractivity (Wildman–Crippen MR) is 98.2 cm³/mol. The van der Waals surface area contributed by atoms with Gasteiger partial charge in [0.25, 0.3) is 0 Å². The van der Waals surface area contributed by atoms with Gasteiger partial charge in [0, 0.05) is 18.3 Å². The molecule has 0 bridgehead atoms. The molecule has 0 unspecified atom stereocenters. The van der Waals surface area contributed by atoms with E-state index in [9.17, 15) is 26.3 Å². The Balaban J connectivity index is 2.28. The van der Waals surface area contributed by atoms with Crippen LogP contribution >= 0.6 is 0 Å². The Morgan fingerprint density at radius 2 is 1.66 bits per heavy atom. The van der Waals surface area contributed by atoms with Crippen molar-refractivity contribution in [1.82, 2.24) is 14.9 Å². The largest absolute Gasteiger partial charge is 0.433 e. The summed E-state index contributed by atoms with van der Waals surface area (Å²) in [4.78, 5) is 9.31. The Morgan fingerprint density at radius 3 is 2.24 bits per heavy atom. The van der Waals surface area contributed by atoms with Crippen LogP contribution in [-0.4, -0.2) is 42.1 Å². The van der Waals surface area contributed by atoms with Crippen LogP contribution in [0.15, 0.2) is 24.3 Å². The van der Waals surface area contributed by atoms with Crippen LogP contribution in [0.5, 0.6) is 0 Å². The van der Waals surface area contributed by atoms with E-state index in [2.05, 4.69) is 20.6 Å². The smallest absolute Gasteiger partial charge is 0.354 e. The van der Waals surface area contributed by atoms with Crippen LogP contribution in [0.1, 0.15) is 23.2 Å². The van der Waals surface area contributed by atoms with Gasteiger partial charge in [-0.05, 0) is 51.7 Å². The molecule has 5 nitrogen and oxygen atoms in total. The maximum absolute atomic E-state index is 13.2. The van der Waals surface area contributed by atoms with Gasteiger partial charge < -0.3 is 15.5 Å². The second kappa shape index (κ2) is 8.85. The molecule has 0 aliphatic heterocycles. The summed E-state index contributed by atoms with van der Waals surface area (Å²) in [6.07, 6.45) is -8.67. The first-order valence-corrected chi connectivity index (χ1v) is 8.66. The third-order valence-corrected chi connectivity index (χ3v) is 3.90. The molecular formula is C18H21F6N5. The number of alkyl halides is 6. The van der Waals surface area contributed by atoms with Gasteiger partial charge in [0.05, 0.1) is 5.56 Å². The summed E-state index contributed by atoms with van der Waals surface area (Å²) >= 11 is 0. The number of hydrogen-bond acceptors (Lipinski definition) is 5. The number of aromatic nitrogens is 2. The minimum Gasteiger partial charge on any atom is -0.354 e. The highest BCUT2D eigenvalue weighted by Crippen LogP contribution is 2.35. The van der Waals surface area contributed by atoms with Gasteiger partial charge in [-0.2, -0.15) is 31.3 Å². The first-order valence-electron chi connectivity index (χ1n) is 8.66. The number of nitrogens with one attached hydrogen (secondary N) is 2. The number of aryl methyl sites for hydroxylation is 1.